The molecule has 3 rings (SSSR count). The smallest absolute Gasteiger partial charge is 0.169 e. The van der Waals surface area contributed by atoms with E-state index in [-0.39, 0.29) is 5.78 Å². The Morgan fingerprint density at radius 3 is 2.71 bits per heavy atom. The maximum Gasteiger partial charge on any atom is 0.169 e. The molecule has 0 atom stereocenters. The number of ketones is 1. The number of benzene rings is 1. The molecule has 110 valence electrons. The number of carbonyl (C=O) groups excluding carboxylic acids is 1. The van der Waals surface area contributed by atoms with Crippen LogP contribution in [0.1, 0.15) is 59.8 Å². The number of rotatable bonds is 4. The number of nitrogens with zero attached hydrogens (tertiary/aromatic N) is 2. The zero-order valence-corrected chi connectivity index (χ0v) is 12.6. The minimum atomic E-state index is 0.155. The van der Waals surface area contributed by atoms with E-state index >= 15 is 0 Å². The van der Waals surface area contributed by atoms with Gasteiger partial charge in [-0.15, -0.1) is 0 Å². The fourth-order valence-corrected chi connectivity index (χ4v) is 3.17. The van der Waals surface area contributed by atoms with Crippen molar-refractivity contribution < 1.29 is 4.79 Å². The molecular formula is C18H22N2O. The quantitative estimate of drug-likeness (QED) is 0.791. The van der Waals surface area contributed by atoms with Crippen LogP contribution < -0.4 is 0 Å². The maximum atomic E-state index is 12.4. The van der Waals surface area contributed by atoms with Crippen LogP contribution in [0, 0.1) is 6.92 Å². The fraction of sp³-hybridized carbons (Fsp3) is 0.444. The summed E-state index contributed by atoms with van der Waals surface area (Å²) in [6.45, 7) is 1.98. The fourth-order valence-electron chi connectivity index (χ4n) is 3.17. The predicted molar refractivity (Wildman–Crippen MR) is 83.6 cm³/mol. The normalized spacial score (nSPS) is 16.0. The highest BCUT2D eigenvalue weighted by atomic mass is 16.1. The lowest BCUT2D eigenvalue weighted by Crippen LogP contribution is -2.14. The summed E-state index contributed by atoms with van der Waals surface area (Å²) in [4.78, 5) is 12.4. The van der Waals surface area contributed by atoms with E-state index in [1.54, 1.807) is 0 Å². The van der Waals surface area contributed by atoms with E-state index in [1.165, 1.54) is 32.1 Å². The second-order valence-electron chi connectivity index (χ2n) is 5.99. The van der Waals surface area contributed by atoms with Crippen LogP contribution in [0.3, 0.4) is 0 Å². The average molecular weight is 282 g/mol. The second kappa shape index (κ2) is 6.25. The highest BCUT2D eigenvalue weighted by Crippen LogP contribution is 2.27. The summed E-state index contributed by atoms with van der Waals surface area (Å²) in [7, 11) is 0. The summed E-state index contributed by atoms with van der Waals surface area (Å²) in [5, 5.41) is 4.62. The zero-order chi connectivity index (χ0) is 14.7. The van der Waals surface area contributed by atoms with Gasteiger partial charge in [-0.25, -0.2) is 0 Å². The van der Waals surface area contributed by atoms with Crippen molar-refractivity contribution in [1.29, 1.82) is 0 Å². The Kier molecular flexibility index (Phi) is 4.18. The van der Waals surface area contributed by atoms with Gasteiger partial charge in [0, 0.05) is 11.8 Å². The van der Waals surface area contributed by atoms with Crippen LogP contribution >= 0.6 is 0 Å². The molecule has 1 aromatic heterocycles. The lowest BCUT2D eigenvalue weighted by Gasteiger charge is -2.21. The predicted octanol–water partition coefficient (Wildman–Crippen LogP) is 4.12. The number of Topliss-reactive ketones (excluding diaryl/α,β-unsaturated/α-hetero) is 1. The summed E-state index contributed by atoms with van der Waals surface area (Å²) in [5.41, 5.74) is 2.73. The molecule has 0 unspecified atom stereocenters. The van der Waals surface area contributed by atoms with Gasteiger partial charge in [-0.2, -0.15) is 5.10 Å². The van der Waals surface area contributed by atoms with E-state index in [0.29, 0.717) is 12.5 Å². The van der Waals surface area contributed by atoms with Gasteiger partial charge in [0.05, 0.1) is 18.2 Å². The first kappa shape index (κ1) is 14.1. The number of aromatic nitrogens is 2. The minimum absolute atomic E-state index is 0.155. The van der Waals surface area contributed by atoms with Gasteiger partial charge in [0.1, 0.15) is 0 Å². The first-order valence-electron chi connectivity index (χ1n) is 7.87. The van der Waals surface area contributed by atoms with Crippen molar-refractivity contribution >= 4 is 5.78 Å². The molecule has 2 aromatic rings. The van der Waals surface area contributed by atoms with Gasteiger partial charge in [-0.3, -0.25) is 9.48 Å². The van der Waals surface area contributed by atoms with E-state index in [4.69, 9.17) is 0 Å². The molecule has 3 nitrogen and oxygen atoms in total. The second-order valence-corrected chi connectivity index (χ2v) is 5.99. The number of hydrogen-bond donors (Lipinski definition) is 0. The number of hydrogen-bond acceptors (Lipinski definition) is 2. The van der Waals surface area contributed by atoms with Gasteiger partial charge in [-0.05, 0) is 31.4 Å². The van der Waals surface area contributed by atoms with E-state index in [0.717, 1.165) is 16.8 Å². The van der Waals surface area contributed by atoms with Crippen LogP contribution in [0.25, 0.3) is 0 Å². The van der Waals surface area contributed by atoms with Crippen LogP contribution in [-0.4, -0.2) is 15.6 Å². The topological polar surface area (TPSA) is 34.9 Å². The molecule has 1 saturated carbocycles. The van der Waals surface area contributed by atoms with Gasteiger partial charge in [0.2, 0.25) is 0 Å². The summed E-state index contributed by atoms with van der Waals surface area (Å²) >= 11 is 0. The Morgan fingerprint density at radius 2 is 1.95 bits per heavy atom. The minimum Gasteiger partial charge on any atom is -0.294 e. The third-order valence-electron chi connectivity index (χ3n) is 4.40. The average Bonchev–Trinajstić information content (AvgIpc) is 2.97. The molecule has 0 N–H and O–H groups in total. The highest BCUT2D eigenvalue weighted by molar-refractivity contribution is 5.98. The first-order valence-corrected chi connectivity index (χ1v) is 7.87. The van der Waals surface area contributed by atoms with Gasteiger partial charge in [-0.1, -0.05) is 43.5 Å². The summed E-state index contributed by atoms with van der Waals surface area (Å²) in [6.07, 6.45) is 8.79. The highest BCUT2D eigenvalue weighted by Gasteiger charge is 2.17. The van der Waals surface area contributed by atoms with Crippen LogP contribution in [0.4, 0.5) is 0 Å². The van der Waals surface area contributed by atoms with Crippen molar-refractivity contribution in [2.75, 3.05) is 0 Å². The molecule has 0 amide bonds. The molecule has 0 saturated heterocycles. The SMILES string of the molecule is Cc1ccccc1C(=O)Cc1ccn(C2CCCCC2)n1. The Bertz CT molecular complexity index is 624. The van der Waals surface area contributed by atoms with Crippen LogP contribution in [0.15, 0.2) is 36.5 Å². The third-order valence-corrected chi connectivity index (χ3v) is 4.40. The molecule has 3 heteroatoms. The van der Waals surface area contributed by atoms with E-state index in [9.17, 15) is 4.79 Å². The van der Waals surface area contributed by atoms with Crippen molar-refractivity contribution in [2.45, 2.75) is 51.5 Å². The Hall–Kier alpha value is -1.90. The molecule has 0 radical (unpaired) electrons. The molecular weight excluding hydrogens is 260 g/mol. The third kappa shape index (κ3) is 3.23. The van der Waals surface area contributed by atoms with Gasteiger partial charge < -0.3 is 0 Å². The Labute approximate surface area is 126 Å². The molecule has 21 heavy (non-hydrogen) atoms. The zero-order valence-electron chi connectivity index (χ0n) is 12.6. The van der Waals surface area contributed by atoms with E-state index in [2.05, 4.69) is 9.78 Å². The molecule has 0 aliphatic heterocycles. The molecule has 1 aliphatic carbocycles. The summed E-state index contributed by atoms with van der Waals surface area (Å²) in [6, 6.07) is 10.3. The molecule has 1 aromatic carbocycles. The summed E-state index contributed by atoms with van der Waals surface area (Å²) < 4.78 is 2.07. The Morgan fingerprint density at radius 1 is 1.19 bits per heavy atom. The van der Waals surface area contributed by atoms with Gasteiger partial charge in [0.25, 0.3) is 0 Å². The lowest BCUT2D eigenvalue weighted by molar-refractivity contribution is 0.0991. The molecule has 1 fully saturated rings. The standard InChI is InChI=1S/C18H22N2O/c1-14-7-5-6-10-17(14)18(21)13-15-11-12-20(19-15)16-8-3-2-4-9-16/h5-7,10-12,16H,2-4,8-9,13H2,1H3. The van der Waals surface area contributed by atoms with Gasteiger partial charge >= 0.3 is 0 Å². The first-order chi connectivity index (χ1) is 10.2. The molecule has 0 spiro atoms. The summed E-state index contributed by atoms with van der Waals surface area (Å²) in [5.74, 6) is 0.155. The van der Waals surface area contributed by atoms with Crippen molar-refractivity contribution in [3.05, 3.63) is 53.3 Å². The van der Waals surface area contributed by atoms with Crippen molar-refractivity contribution in [3.8, 4) is 0 Å². The van der Waals surface area contributed by atoms with Crippen LogP contribution in [-0.2, 0) is 6.42 Å². The van der Waals surface area contributed by atoms with Crippen molar-refractivity contribution in [2.24, 2.45) is 0 Å². The molecule has 1 aliphatic rings. The van der Waals surface area contributed by atoms with E-state index < -0.39 is 0 Å². The van der Waals surface area contributed by atoms with Crippen molar-refractivity contribution in [1.82, 2.24) is 9.78 Å². The lowest BCUT2D eigenvalue weighted by atomic mass is 9.96. The van der Waals surface area contributed by atoms with Crippen LogP contribution in [0.5, 0.6) is 0 Å². The monoisotopic (exact) mass is 282 g/mol. The molecule has 0 bridgehead atoms. The Balaban J connectivity index is 1.69. The largest absolute Gasteiger partial charge is 0.294 e. The van der Waals surface area contributed by atoms with E-state index in [1.807, 2.05) is 43.5 Å². The maximum absolute atomic E-state index is 12.4. The van der Waals surface area contributed by atoms with Crippen LogP contribution in [0.2, 0.25) is 0 Å². The molecule has 1 heterocycles. The number of aryl methyl sites for hydroxylation is 1. The number of carbonyl (C=O) groups is 1. The van der Waals surface area contributed by atoms with Gasteiger partial charge in [0.15, 0.2) is 5.78 Å². The van der Waals surface area contributed by atoms with Crippen molar-refractivity contribution in [3.63, 3.8) is 0 Å².